The van der Waals surface area contributed by atoms with Gasteiger partial charge in [0.05, 0.1) is 16.8 Å². The molecule has 1 saturated carbocycles. The van der Waals surface area contributed by atoms with Crippen molar-refractivity contribution in [3.8, 4) is 11.3 Å². The van der Waals surface area contributed by atoms with Crippen molar-refractivity contribution in [2.45, 2.75) is 31.1 Å². The Hall–Kier alpha value is -2.93. The number of rotatable bonds is 9. The molecule has 4 N–H and O–H groups in total. The number of halogens is 2. The van der Waals surface area contributed by atoms with Crippen molar-refractivity contribution in [1.29, 1.82) is 0 Å². The molecule has 1 fully saturated rings. The summed E-state index contributed by atoms with van der Waals surface area (Å²) in [5.41, 5.74) is 4.37. The van der Waals surface area contributed by atoms with Crippen molar-refractivity contribution < 1.29 is 23.3 Å². The number of sulfonamides is 1. The molecule has 5 rings (SSSR count). The summed E-state index contributed by atoms with van der Waals surface area (Å²) in [4.78, 5) is 12.9. The molecule has 4 aromatic rings. The molecular weight excluding hydrogens is 562 g/mol. The number of benzene rings is 2. The maximum atomic E-state index is 13.1. The van der Waals surface area contributed by atoms with Crippen LogP contribution in [0.3, 0.4) is 0 Å². The van der Waals surface area contributed by atoms with Gasteiger partial charge in [-0.05, 0) is 59.7 Å². The van der Waals surface area contributed by atoms with Crippen molar-refractivity contribution in [2.75, 3.05) is 7.05 Å². The normalized spacial score (nSPS) is 13.6. The lowest BCUT2D eigenvalue weighted by atomic mass is 9.80. The van der Waals surface area contributed by atoms with E-state index in [4.69, 9.17) is 23.2 Å². The average Bonchev–Trinajstić information content (AvgIpc) is 3.67. The number of amides is 1. The molecule has 0 unspecified atom stereocenters. The Bertz CT molecular complexity index is 1670. The van der Waals surface area contributed by atoms with E-state index in [9.17, 15) is 23.3 Å². The monoisotopic (exact) mass is 586 g/mol. The fourth-order valence-electron chi connectivity index (χ4n) is 4.54. The van der Waals surface area contributed by atoms with Gasteiger partial charge in [-0.15, -0.1) is 0 Å². The Labute approximate surface area is 236 Å². The van der Waals surface area contributed by atoms with E-state index in [0.717, 1.165) is 18.4 Å². The number of nitrogens with one attached hydrogen (secondary N) is 2. The lowest BCUT2D eigenvalue weighted by Crippen LogP contribution is -2.31. The van der Waals surface area contributed by atoms with Crippen molar-refractivity contribution in [3.05, 3.63) is 87.0 Å². The quantitative estimate of drug-likeness (QED) is 0.223. The van der Waals surface area contributed by atoms with E-state index in [0.29, 0.717) is 38.5 Å². The van der Waals surface area contributed by atoms with Gasteiger partial charge in [-0.3, -0.25) is 4.79 Å². The third-order valence-corrected chi connectivity index (χ3v) is 8.52. The molecule has 2 aromatic carbocycles. The van der Waals surface area contributed by atoms with Crippen LogP contribution in [-0.2, 0) is 22.3 Å². The number of hydrogen-bond acceptors (Lipinski definition) is 6. The standard InChI is InChI=1S/C26H25BCl2N4O5S/c1-30-26(34)24-23-11-20(16-3-4-16)18(13-33(23)32-25(24)17-5-7-19(28)8-6-17)14-39(37,38)31-12-15-2-9-21(27(35)36)22(29)10-15/h2,5-11,13,16,31,35-36H,3-4,12,14H2,1H3,(H,30,34). The van der Waals surface area contributed by atoms with Gasteiger partial charge in [-0.1, -0.05) is 47.5 Å². The fraction of sp³-hybridized carbons (Fsp3) is 0.231. The first-order chi connectivity index (χ1) is 18.6. The van der Waals surface area contributed by atoms with Gasteiger partial charge in [0.25, 0.3) is 5.91 Å². The number of fused-ring (bicyclic) bond motifs is 1. The van der Waals surface area contributed by atoms with Gasteiger partial charge in [-0.25, -0.2) is 17.7 Å². The third-order valence-electron chi connectivity index (χ3n) is 6.66. The molecule has 1 aliphatic rings. The van der Waals surface area contributed by atoms with Crippen molar-refractivity contribution in [3.63, 3.8) is 0 Å². The maximum absolute atomic E-state index is 13.1. The largest absolute Gasteiger partial charge is 0.489 e. The van der Waals surface area contributed by atoms with Crippen LogP contribution in [0, 0.1) is 0 Å². The predicted molar refractivity (Wildman–Crippen MR) is 152 cm³/mol. The summed E-state index contributed by atoms with van der Waals surface area (Å²) in [6.07, 6.45) is 3.56. The van der Waals surface area contributed by atoms with Crippen molar-refractivity contribution in [1.82, 2.24) is 19.7 Å². The fourth-order valence-corrected chi connectivity index (χ4v) is 6.11. The van der Waals surface area contributed by atoms with E-state index < -0.39 is 17.1 Å². The predicted octanol–water partition coefficient (Wildman–Crippen LogP) is 2.84. The first kappa shape index (κ1) is 27.6. The molecule has 2 heterocycles. The van der Waals surface area contributed by atoms with Crippen LogP contribution in [-0.4, -0.2) is 48.2 Å². The summed E-state index contributed by atoms with van der Waals surface area (Å²) in [5, 5.41) is 26.7. The molecule has 0 bridgehead atoms. The Morgan fingerprint density at radius 1 is 1.13 bits per heavy atom. The SMILES string of the molecule is CNC(=O)c1c(-c2ccc(Cl)cc2)nn2cc(CS(=O)(=O)NCc3ccc(B(O)O)c(Cl)c3)c(C3CC3)cc12. The second kappa shape index (κ2) is 10.9. The van der Waals surface area contributed by atoms with Crippen LogP contribution in [0.1, 0.15) is 45.8 Å². The Balaban J connectivity index is 1.48. The molecule has 2 aromatic heterocycles. The zero-order chi connectivity index (χ0) is 27.9. The number of carbonyl (C=O) groups is 1. The van der Waals surface area contributed by atoms with Crippen LogP contribution in [0.15, 0.2) is 54.7 Å². The van der Waals surface area contributed by atoms with Crippen LogP contribution in [0.2, 0.25) is 10.0 Å². The lowest BCUT2D eigenvalue weighted by molar-refractivity contribution is 0.0965. The molecule has 13 heteroatoms. The molecule has 0 saturated heterocycles. The van der Waals surface area contributed by atoms with Gasteiger partial charge < -0.3 is 15.4 Å². The molecule has 0 spiro atoms. The second-order valence-electron chi connectivity index (χ2n) is 9.48. The minimum atomic E-state index is -3.78. The van der Waals surface area contributed by atoms with Gasteiger partial charge in [0.15, 0.2) is 0 Å². The maximum Gasteiger partial charge on any atom is 0.489 e. The molecule has 1 amide bonds. The van der Waals surface area contributed by atoms with Gasteiger partial charge >= 0.3 is 7.12 Å². The van der Waals surface area contributed by atoms with Crippen LogP contribution < -0.4 is 15.5 Å². The summed E-state index contributed by atoms with van der Waals surface area (Å²) >= 11 is 12.1. The van der Waals surface area contributed by atoms with Crippen LogP contribution in [0.5, 0.6) is 0 Å². The number of hydrogen-bond donors (Lipinski definition) is 4. The summed E-state index contributed by atoms with van der Waals surface area (Å²) < 4.78 is 30.4. The van der Waals surface area contributed by atoms with E-state index in [1.807, 2.05) is 6.07 Å². The summed E-state index contributed by atoms with van der Waals surface area (Å²) in [6.45, 7) is -0.0197. The van der Waals surface area contributed by atoms with E-state index in [2.05, 4.69) is 15.1 Å². The first-order valence-corrected chi connectivity index (χ1v) is 14.6. The number of nitrogens with zero attached hydrogens (tertiary/aromatic N) is 2. The highest BCUT2D eigenvalue weighted by Gasteiger charge is 2.30. The minimum absolute atomic E-state index is 0.0197. The van der Waals surface area contributed by atoms with Crippen LogP contribution in [0.25, 0.3) is 16.8 Å². The highest BCUT2D eigenvalue weighted by molar-refractivity contribution is 7.88. The molecule has 0 aliphatic heterocycles. The van der Waals surface area contributed by atoms with Crippen LogP contribution in [0.4, 0.5) is 0 Å². The highest BCUT2D eigenvalue weighted by atomic mass is 35.5. The number of carbonyl (C=O) groups excluding carboxylic acids is 1. The Kier molecular flexibility index (Phi) is 7.74. The lowest BCUT2D eigenvalue weighted by Gasteiger charge is -2.13. The zero-order valence-corrected chi connectivity index (χ0v) is 23.2. The topological polar surface area (TPSA) is 133 Å². The molecule has 39 heavy (non-hydrogen) atoms. The summed E-state index contributed by atoms with van der Waals surface area (Å²) in [7, 11) is -3.94. The molecule has 1 aliphatic carbocycles. The van der Waals surface area contributed by atoms with Gasteiger partial charge in [0.1, 0.15) is 5.69 Å². The minimum Gasteiger partial charge on any atom is -0.423 e. The zero-order valence-electron chi connectivity index (χ0n) is 20.9. The molecular formula is C26H25BCl2N4O5S. The van der Waals surface area contributed by atoms with Gasteiger partial charge in [-0.2, -0.15) is 5.10 Å². The second-order valence-corrected chi connectivity index (χ2v) is 12.1. The number of pyridine rings is 1. The molecule has 0 radical (unpaired) electrons. The first-order valence-electron chi connectivity index (χ1n) is 12.2. The summed E-state index contributed by atoms with van der Waals surface area (Å²) in [6, 6.07) is 13.4. The smallest absolute Gasteiger partial charge is 0.423 e. The molecule has 202 valence electrons. The van der Waals surface area contributed by atoms with E-state index in [1.54, 1.807) is 48.1 Å². The Morgan fingerprint density at radius 3 is 2.46 bits per heavy atom. The van der Waals surface area contributed by atoms with E-state index in [1.165, 1.54) is 12.1 Å². The Morgan fingerprint density at radius 2 is 1.85 bits per heavy atom. The molecule has 9 nitrogen and oxygen atoms in total. The van der Waals surface area contributed by atoms with Crippen LogP contribution >= 0.6 is 23.2 Å². The van der Waals surface area contributed by atoms with Crippen molar-refractivity contribution >= 4 is 57.2 Å². The third kappa shape index (κ3) is 5.98. The van der Waals surface area contributed by atoms with Crippen molar-refractivity contribution in [2.24, 2.45) is 0 Å². The van der Waals surface area contributed by atoms with Gasteiger partial charge in [0.2, 0.25) is 10.0 Å². The van der Waals surface area contributed by atoms with E-state index in [-0.39, 0.29) is 34.6 Å². The average molecular weight is 587 g/mol. The summed E-state index contributed by atoms with van der Waals surface area (Å²) in [5.74, 6) is -0.360. The molecule has 0 atom stereocenters. The number of aromatic nitrogens is 2. The highest BCUT2D eigenvalue weighted by Crippen LogP contribution is 2.43. The van der Waals surface area contributed by atoms with Gasteiger partial charge in [0, 0.05) is 40.9 Å². The van der Waals surface area contributed by atoms with E-state index >= 15 is 0 Å².